The van der Waals surface area contributed by atoms with Crippen molar-refractivity contribution in [3.8, 4) is 0 Å². The largest absolute Gasteiger partial charge is 0.379 e. The molecule has 0 aromatic carbocycles. The number of hydrogen-bond donors (Lipinski definition) is 1. The molecule has 0 aliphatic carbocycles. The summed E-state index contributed by atoms with van der Waals surface area (Å²) in [5.41, 5.74) is 5.29. The number of nitrogens with two attached hydrogens (primary N) is 1. The maximum atomic E-state index is 5.44. The van der Waals surface area contributed by atoms with Crippen LogP contribution in [0.2, 0.25) is 0 Å². The normalized spacial score (nSPS) is 11.2. The minimum atomic E-state index is 0.593. The summed E-state index contributed by atoms with van der Waals surface area (Å²) in [6.45, 7) is 8.04. The second kappa shape index (κ2) is 12.9. The molecule has 98 valence electrons. The van der Waals surface area contributed by atoms with E-state index in [1.807, 2.05) is 0 Å². The van der Waals surface area contributed by atoms with Gasteiger partial charge in [-0.25, -0.2) is 0 Å². The summed E-state index contributed by atoms with van der Waals surface area (Å²) in [6.07, 6.45) is 6.52. The van der Waals surface area contributed by atoms with Gasteiger partial charge < -0.3 is 15.2 Å². The highest BCUT2D eigenvalue weighted by Gasteiger charge is 1.94. The molecule has 0 amide bonds. The van der Waals surface area contributed by atoms with Crippen LogP contribution in [0.5, 0.6) is 0 Å². The molecule has 16 heavy (non-hydrogen) atoms. The fourth-order valence-electron chi connectivity index (χ4n) is 1.52. The molecule has 0 bridgehead atoms. The van der Waals surface area contributed by atoms with Gasteiger partial charge in [0.15, 0.2) is 0 Å². The molecule has 0 atom stereocenters. The highest BCUT2D eigenvalue weighted by atomic mass is 16.5. The maximum absolute atomic E-state index is 5.44. The topological polar surface area (TPSA) is 44.5 Å². The van der Waals surface area contributed by atoms with Crippen LogP contribution in [-0.2, 0) is 9.47 Å². The minimum Gasteiger partial charge on any atom is -0.379 e. The van der Waals surface area contributed by atoms with Crippen LogP contribution >= 0.6 is 0 Å². The fourth-order valence-corrected chi connectivity index (χ4v) is 1.52. The van der Waals surface area contributed by atoms with Gasteiger partial charge in [0.1, 0.15) is 0 Å². The van der Waals surface area contributed by atoms with Gasteiger partial charge >= 0.3 is 0 Å². The Morgan fingerprint density at radius 1 is 0.812 bits per heavy atom. The third-order valence-electron chi connectivity index (χ3n) is 2.45. The van der Waals surface area contributed by atoms with E-state index >= 15 is 0 Å². The third-order valence-corrected chi connectivity index (χ3v) is 2.45. The van der Waals surface area contributed by atoms with E-state index in [0.717, 1.165) is 12.5 Å². The SMILES string of the molecule is CC(C)CCCCCCOCCOCCN. The van der Waals surface area contributed by atoms with Crippen molar-refractivity contribution < 1.29 is 9.47 Å². The van der Waals surface area contributed by atoms with E-state index in [0.29, 0.717) is 26.4 Å². The quantitative estimate of drug-likeness (QED) is 0.525. The molecular weight excluding hydrogens is 202 g/mol. The molecule has 0 rings (SSSR count). The van der Waals surface area contributed by atoms with Crippen LogP contribution in [0.3, 0.4) is 0 Å². The fraction of sp³-hybridized carbons (Fsp3) is 1.00. The van der Waals surface area contributed by atoms with Gasteiger partial charge in [-0.2, -0.15) is 0 Å². The van der Waals surface area contributed by atoms with E-state index in [1.54, 1.807) is 0 Å². The zero-order valence-electron chi connectivity index (χ0n) is 11.0. The Morgan fingerprint density at radius 3 is 2.06 bits per heavy atom. The van der Waals surface area contributed by atoms with Crippen molar-refractivity contribution >= 4 is 0 Å². The summed E-state index contributed by atoms with van der Waals surface area (Å²) < 4.78 is 10.6. The molecule has 2 N–H and O–H groups in total. The summed E-state index contributed by atoms with van der Waals surface area (Å²) in [4.78, 5) is 0. The molecule has 3 heteroatoms. The van der Waals surface area contributed by atoms with Crippen molar-refractivity contribution in [1.29, 1.82) is 0 Å². The molecule has 0 heterocycles. The maximum Gasteiger partial charge on any atom is 0.0701 e. The first-order valence-electron chi connectivity index (χ1n) is 6.63. The lowest BCUT2D eigenvalue weighted by molar-refractivity contribution is 0.0492. The second-order valence-corrected chi connectivity index (χ2v) is 4.61. The molecule has 3 nitrogen and oxygen atoms in total. The Hall–Kier alpha value is -0.120. The van der Waals surface area contributed by atoms with E-state index in [9.17, 15) is 0 Å². The van der Waals surface area contributed by atoms with Gasteiger partial charge in [-0.15, -0.1) is 0 Å². The molecule has 0 aliphatic rings. The summed E-state index contributed by atoms with van der Waals surface area (Å²) >= 11 is 0. The predicted octanol–water partition coefficient (Wildman–Crippen LogP) is 2.58. The Bertz CT molecular complexity index is 129. The van der Waals surface area contributed by atoms with Crippen LogP contribution in [-0.4, -0.2) is 33.0 Å². The Balaban J connectivity index is 2.88. The summed E-state index contributed by atoms with van der Waals surface area (Å²) in [5.74, 6) is 0.843. The van der Waals surface area contributed by atoms with Crippen LogP contribution in [0.1, 0.15) is 46.0 Å². The number of hydrogen-bond acceptors (Lipinski definition) is 3. The Kier molecular flexibility index (Phi) is 12.9. The van der Waals surface area contributed by atoms with Gasteiger partial charge in [-0.3, -0.25) is 0 Å². The zero-order valence-corrected chi connectivity index (χ0v) is 11.0. The van der Waals surface area contributed by atoms with E-state index in [4.69, 9.17) is 15.2 Å². The van der Waals surface area contributed by atoms with Crippen molar-refractivity contribution in [2.75, 3.05) is 33.0 Å². The van der Waals surface area contributed by atoms with Crippen molar-refractivity contribution in [2.45, 2.75) is 46.0 Å². The van der Waals surface area contributed by atoms with Gasteiger partial charge in [0, 0.05) is 13.2 Å². The number of rotatable bonds is 12. The smallest absolute Gasteiger partial charge is 0.0701 e. The van der Waals surface area contributed by atoms with Crippen LogP contribution in [0.15, 0.2) is 0 Å². The third kappa shape index (κ3) is 13.9. The monoisotopic (exact) mass is 231 g/mol. The summed E-state index contributed by atoms with van der Waals surface area (Å²) in [5, 5.41) is 0. The van der Waals surface area contributed by atoms with E-state index < -0.39 is 0 Å². The van der Waals surface area contributed by atoms with Crippen molar-refractivity contribution in [3.05, 3.63) is 0 Å². The van der Waals surface area contributed by atoms with Gasteiger partial charge in [-0.1, -0.05) is 39.5 Å². The molecule has 0 spiro atoms. The number of ether oxygens (including phenoxy) is 2. The second-order valence-electron chi connectivity index (χ2n) is 4.61. The zero-order chi connectivity index (χ0) is 12.1. The summed E-state index contributed by atoms with van der Waals surface area (Å²) in [7, 11) is 0. The Labute approximate surface area is 101 Å². The van der Waals surface area contributed by atoms with Gasteiger partial charge in [0.2, 0.25) is 0 Å². The minimum absolute atomic E-state index is 0.593. The average molecular weight is 231 g/mol. The van der Waals surface area contributed by atoms with Crippen molar-refractivity contribution in [1.82, 2.24) is 0 Å². The van der Waals surface area contributed by atoms with Crippen molar-refractivity contribution in [2.24, 2.45) is 11.7 Å². The molecule has 0 saturated carbocycles. The van der Waals surface area contributed by atoms with Gasteiger partial charge in [0.25, 0.3) is 0 Å². The molecule has 0 saturated heterocycles. The van der Waals surface area contributed by atoms with Crippen molar-refractivity contribution in [3.63, 3.8) is 0 Å². The standard InChI is InChI=1S/C13H29NO2/c1-13(2)7-5-3-4-6-9-15-11-12-16-10-8-14/h13H,3-12,14H2,1-2H3. The molecule has 0 fully saturated rings. The van der Waals surface area contributed by atoms with E-state index in [2.05, 4.69) is 13.8 Å². The van der Waals surface area contributed by atoms with E-state index in [-0.39, 0.29) is 0 Å². The Morgan fingerprint density at radius 2 is 1.44 bits per heavy atom. The van der Waals surface area contributed by atoms with Crippen LogP contribution in [0.4, 0.5) is 0 Å². The lowest BCUT2D eigenvalue weighted by atomic mass is 10.0. The van der Waals surface area contributed by atoms with Crippen LogP contribution in [0, 0.1) is 5.92 Å². The molecule has 0 unspecified atom stereocenters. The van der Waals surface area contributed by atoms with Gasteiger partial charge in [0.05, 0.1) is 19.8 Å². The first-order chi connectivity index (χ1) is 7.77. The van der Waals surface area contributed by atoms with E-state index in [1.165, 1.54) is 32.1 Å². The summed E-state index contributed by atoms with van der Waals surface area (Å²) in [6, 6.07) is 0. The van der Waals surface area contributed by atoms with Crippen LogP contribution in [0.25, 0.3) is 0 Å². The first kappa shape index (κ1) is 15.9. The lowest BCUT2D eigenvalue weighted by Gasteiger charge is -2.06. The van der Waals surface area contributed by atoms with Gasteiger partial charge in [-0.05, 0) is 12.3 Å². The first-order valence-corrected chi connectivity index (χ1v) is 6.63. The van der Waals surface area contributed by atoms with Crippen LogP contribution < -0.4 is 5.73 Å². The number of unbranched alkanes of at least 4 members (excludes halogenated alkanes) is 3. The highest BCUT2D eigenvalue weighted by Crippen LogP contribution is 2.09. The molecular formula is C13H29NO2. The highest BCUT2D eigenvalue weighted by molar-refractivity contribution is 4.47. The molecule has 0 aliphatic heterocycles. The molecule has 0 aromatic heterocycles. The lowest BCUT2D eigenvalue weighted by Crippen LogP contribution is -2.12. The predicted molar refractivity (Wildman–Crippen MR) is 68.6 cm³/mol. The molecule has 0 aromatic rings. The average Bonchev–Trinajstić information content (AvgIpc) is 2.25. The molecule has 0 radical (unpaired) electrons.